The van der Waals surface area contributed by atoms with Gasteiger partial charge in [-0.15, -0.1) is 5.11 Å². The summed E-state index contributed by atoms with van der Waals surface area (Å²) in [7, 11) is 0. The van der Waals surface area contributed by atoms with Gasteiger partial charge in [-0.05, 0) is 23.8 Å². The molecule has 7 heteroatoms. The summed E-state index contributed by atoms with van der Waals surface area (Å²) in [6.07, 6.45) is 0.183. The zero-order valence-electron chi connectivity index (χ0n) is 14.5. The van der Waals surface area contributed by atoms with Crippen molar-refractivity contribution in [2.45, 2.75) is 12.5 Å². The zero-order chi connectivity index (χ0) is 18.8. The molecule has 0 bridgehead atoms. The monoisotopic (exact) mass is 362 g/mol. The fraction of sp³-hybridized carbons (Fsp3) is 0.250. The third-order valence-electron chi connectivity index (χ3n) is 4.87. The molecular weight excluding hydrogens is 344 g/mol. The second kappa shape index (κ2) is 7.11. The number of azo groups is 1. The Morgan fingerprint density at radius 2 is 1.81 bits per heavy atom. The van der Waals surface area contributed by atoms with Crippen LogP contribution in [0.15, 0.2) is 64.8 Å². The van der Waals surface area contributed by atoms with Crippen molar-refractivity contribution in [1.29, 1.82) is 0 Å². The summed E-state index contributed by atoms with van der Waals surface area (Å²) in [4.78, 5) is 38.3. The highest BCUT2D eigenvalue weighted by Gasteiger charge is 2.35. The quantitative estimate of drug-likeness (QED) is 0.906. The Morgan fingerprint density at radius 3 is 2.63 bits per heavy atom. The average molecular weight is 362 g/mol. The Morgan fingerprint density at radius 1 is 1.07 bits per heavy atom. The summed E-state index contributed by atoms with van der Waals surface area (Å²) >= 11 is 0. The first kappa shape index (κ1) is 17.1. The van der Waals surface area contributed by atoms with E-state index in [0.29, 0.717) is 12.1 Å². The molecule has 2 aliphatic heterocycles. The standard InChI is InChI=1S/C20H18N4O3/c25-18-10-13(12-24(18)14-6-2-1-3-7-14)19(26)21-11-17-15-8-4-5-9-16(15)20(27)23-22-17/h1-9,13,17H,10-12H2,(H,21,26). The number of amides is 3. The van der Waals surface area contributed by atoms with E-state index >= 15 is 0 Å². The first-order chi connectivity index (χ1) is 13.1. The molecular formula is C20H18N4O3. The minimum atomic E-state index is -0.407. The summed E-state index contributed by atoms with van der Waals surface area (Å²) in [5.41, 5.74) is 2.07. The molecule has 0 spiro atoms. The van der Waals surface area contributed by atoms with Crippen LogP contribution in [0.5, 0.6) is 0 Å². The van der Waals surface area contributed by atoms with Gasteiger partial charge in [-0.3, -0.25) is 14.4 Å². The molecule has 7 nitrogen and oxygen atoms in total. The van der Waals surface area contributed by atoms with Crippen LogP contribution in [0.3, 0.4) is 0 Å². The second-order valence-corrected chi connectivity index (χ2v) is 6.61. The van der Waals surface area contributed by atoms with Crippen molar-refractivity contribution < 1.29 is 14.4 Å². The maximum atomic E-state index is 12.6. The number of para-hydroxylation sites is 1. The Labute approximate surface area is 156 Å². The number of carbonyl (C=O) groups excluding carboxylic acids is 3. The number of benzene rings is 2. The number of fused-ring (bicyclic) bond motifs is 1. The minimum Gasteiger partial charge on any atom is -0.353 e. The van der Waals surface area contributed by atoms with Gasteiger partial charge in [-0.1, -0.05) is 36.4 Å². The van der Waals surface area contributed by atoms with Crippen LogP contribution in [-0.4, -0.2) is 30.8 Å². The van der Waals surface area contributed by atoms with E-state index < -0.39 is 12.0 Å². The zero-order valence-corrected chi connectivity index (χ0v) is 14.5. The van der Waals surface area contributed by atoms with Crippen LogP contribution in [0.1, 0.15) is 28.4 Å². The number of nitrogens with zero attached hydrogens (tertiary/aromatic N) is 3. The maximum Gasteiger partial charge on any atom is 0.295 e. The van der Waals surface area contributed by atoms with Crippen LogP contribution in [0.4, 0.5) is 5.69 Å². The molecule has 2 aromatic carbocycles. The second-order valence-electron chi connectivity index (χ2n) is 6.61. The van der Waals surface area contributed by atoms with E-state index in [2.05, 4.69) is 15.5 Å². The lowest BCUT2D eigenvalue weighted by Gasteiger charge is -2.20. The fourth-order valence-electron chi connectivity index (χ4n) is 3.45. The molecule has 4 rings (SSSR count). The van der Waals surface area contributed by atoms with Crippen molar-refractivity contribution in [1.82, 2.24) is 5.32 Å². The van der Waals surface area contributed by atoms with Crippen molar-refractivity contribution in [2.24, 2.45) is 16.1 Å². The Bertz CT molecular complexity index is 926. The molecule has 2 unspecified atom stereocenters. The predicted octanol–water partition coefficient (Wildman–Crippen LogP) is 2.50. The highest BCUT2D eigenvalue weighted by atomic mass is 16.2. The van der Waals surface area contributed by atoms with E-state index in [4.69, 9.17) is 0 Å². The summed E-state index contributed by atoms with van der Waals surface area (Å²) in [5.74, 6) is -1.02. The predicted molar refractivity (Wildman–Crippen MR) is 98.3 cm³/mol. The highest BCUT2D eigenvalue weighted by Crippen LogP contribution is 2.28. The molecule has 0 aromatic heterocycles. The smallest absolute Gasteiger partial charge is 0.295 e. The number of hydrogen-bond acceptors (Lipinski definition) is 4. The molecule has 0 saturated carbocycles. The maximum absolute atomic E-state index is 12.6. The molecule has 0 radical (unpaired) electrons. The Kier molecular flexibility index (Phi) is 4.50. The van der Waals surface area contributed by atoms with Crippen molar-refractivity contribution in [3.8, 4) is 0 Å². The third-order valence-corrected chi connectivity index (χ3v) is 4.87. The van der Waals surface area contributed by atoms with Crippen LogP contribution < -0.4 is 10.2 Å². The molecule has 2 heterocycles. The number of carbonyl (C=O) groups is 3. The molecule has 1 saturated heterocycles. The first-order valence-corrected chi connectivity index (χ1v) is 8.80. The van der Waals surface area contributed by atoms with Gasteiger partial charge in [0, 0.05) is 30.8 Å². The van der Waals surface area contributed by atoms with Crippen LogP contribution in [0.2, 0.25) is 0 Å². The summed E-state index contributed by atoms with van der Waals surface area (Å²) in [6.45, 7) is 0.596. The van der Waals surface area contributed by atoms with Gasteiger partial charge < -0.3 is 10.2 Å². The summed E-state index contributed by atoms with van der Waals surface area (Å²) < 4.78 is 0. The number of anilines is 1. The highest BCUT2D eigenvalue weighted by molar-refractivity contribution is 6.00. The summed E-state index contributed by atoms with van der Waals surface area (Å²) in [5, 5.41) is 10.5. The average Bonchev–Trinajstić information content (AvgIpc) is 3.10. The van der Waals surface area contributed by atoms with Crippen molar-refractivity contribution in [2.75, 3.05) is 18.0 Å². The molecule has 0 aliphatic carbocycles. The normalized spacial score (nSPS) is 21.3. The van der Waals surface area contributed by atoms with E-state index in [-0.39, 0.29) is 30.7 Å². The van der Waals surface area contributed by atoms with E-state index in [9.17, 15) is 14.4 Å². The van der Waals surface area contributed by atoms with E-state index in [0.717, 1.165) is 11.3 Å². The largest absolute Gasteiger partial charge is 0.353 e. The molecule has 1 fully saturated rings. The molecule has 2 aromatic rings. The SMILES string of the molecule is O=C1N=NC(CNC(=O)C2CC(=O)N(c3ccccc3)C2)c2ccccc21. The number of hydrogen-bond donors (Lipinski definition) is 1. The molecule has 136 valence electrons. The van der Waals surface area contributed by atoms with Crippen LogP contribution >= 0.6 is 0 Å². The third kappa shape index (κ3) is 3.36. The van der Waals surface area contributed by atoms with Crippen molar-refractivity contribution in [3.63, 3.8) is 0 Å². The van der Waals surface area contributed by atoms with E-state index in [1.807, 2.05) is 42.5 Å². The lowest BCUT2D eigenvalue weighted by Crippen LogP contribution is -2.35. The van der Waals surface area contributed by atoms with Gasteiger partial charge in [0.15, 0.2) is 0 Å². The molecule has 2 atom stereocenters. The van der Waals surface area contributed by atoms with Gasteiger partial charge in [-0.2, -0.15) is 5.11 Å². The first-order valence-electron chi connectivity index (χ1n) is 8.80. The molecule has 1 N–H and O–H groups in total. The summed E-state index contributed by atoms with van der Waals surface area (Å²) in [6, 6.07) is 16.1. The van der Waals surface area contributed by atoms with Gasteiger partial charge in [0.05, 0.1) is 5.92 Å². The Balaban J connectivity index is 1.40. The lowest BCUT2D eigenvalue weighted by molar-refractivity contribution is -0.126. The van der Waals surface area contributed by atoms with Gasteiger partial charge in [0.1, 0.15) is 6.04 Å². The van der Waals surface area contributed by atoms with Crippen LogP contribution in [-0.2, 0) is 9.59 Å². The topological polar surface area (TPSA) is 91.2 Å². The Hall–Kier alpha value is -3.35. The van der Waals surface area contributed by atoms with Gasteiger partial charge in [0.2, 0.25) is 11.8 Å². The molecule has 3 amide bonds. The minimum absolute atomic E-state index is 0.0605. The van der Waals surface area contributed by atoms with Gasteiger partial charge in [-0.25, -0.2) is 0 Å². The number of rotatable bonds is 4. The van der Waals surface area contributed by atoms with Crippen molar-refractivity contribution >= 4 is 23.4 Å². The number of nitrogens with one attached hydrogen (secondary N) is 1. The molecule has 2 aliphatic rings. The van der Waals surface area contributed by atoms with Gasteiger partial charge >= 0.3 is 0 Å². The van der Waals surface area contributed by atoms with Crippen LogP contribution in [0, 0.1) is 5.92 Å². The van der Waals surface area contributed by atoms with Gasteiger partial charge in [0.25, 0.3) is 5.91 Å². The molecule has 27 heavy (non-hydrogen) atoms. The van der Waals surface area contributed by atoms with Crippen molar-refractivity contribution in [3.05, 3.63) is 65.7 Å². The van der Waals surface area contributed by atoms with E-state index in [1.54, 1.807) is 17.0 Å². The van der Waals surface area contributed by atoms with E-state index in [1.165, 1.54) is 0 Å². The fourth-order valence-corrected chi connectivity index (χ4v) is 3.45. The lowest BCUT2D eigenvalue weighted by atomic mass is 9.99. The van der Waals surface area contributed by atoms with Crippen LogP contribution in [0.25, 0.3) is 0 Å².